The number of amides is 2. The van der Waals surface area contributed by atoms with Crippen LogP contribution >= 0.6 is 0 Å². The van der Waals surface area contributed by atoms with Crippen LogP contribution < -0.4 is 10.6 Å². The Morgan fingerprint density at radius 1 is 1.58 bits per heavy atom. The Hall–Kier alpha value is -1.58. The molecule has 0 spiro atoms. The van der Waals surface area contributed by atoms with Crippen LogP contribution in [-0.2, 0) is 0 Å². The number of nitrogens with zero attached hydrogens (tertiary/aromatic N) is 2. The molecule has 1 rings (SSSR count). The maximum absolute atomic E-state index is 10.9. The van der Waals surface area contributed by atoms with Crippen molar-refractivity contribution < 1.29 is 4.79 Å². The summed E-state index contributed by atoms with van der Waals surface area (Å²) in [5.41, 5.74) is 5.92. The lowest BCUT2D eigenvalue weighted by Gasteiger charge is -2.17. The minimum atomic E-state index is -0.441. The van der Waals surface area contributed by atoms with Crippen molar-refractivity contribution in [3.63, 3.8) is 0 Å². The average molecular weight is 165 g/mol. The zero-order valence-electron chi connectivity index (χ0n) is 6.90. The molecule has 0 aromatic carbocycles. The van der Waals surface area contributed by atoms with E-state index in [1.807, 2.05) is 6.92 Å². The number of hydrogen-bond donors (Lipinski definition) is 1. The van der Waals surface area contributed by atoms with Crippen LogP contribution in [0.15, 0.2) is 24.5 Å². The van der Waals surface area contributed by atoms with Gasteiger partial charge in [-0.05, 0) is 19.1 Å². The van der Waals surface area contributed by atoms with Gasteiger partial charge in [-0.2, -0.15) is 0 Å². The molecule has 1 aromatic heterocycles. The Balaban J connectivity index is 2.88. The molecule has 1 aromatic rings. The van der Waals surface area contributed by atoms with Crippen LogP contribution in [0.1, 0.15) is 6.92 Å². The van der Waals surface area contributed by atoms with Gasteiger partial charge in [0.1, 0.15) is 0 Å². The van der Waals surface area contributed by atoms with Crippen LogP contribution in [0.3, 0.4) is 0 Å². The second-order valence-corrected chi connectivity index (χ2v) is 2.29. The van der Waals surface area contributed by atoms with Gasteiger partial charge in [0, 0.05) is 24.6 Å². The summed E-state index contributed by atoms with van der Waals surface area (Å²) >= 11 is 0. The highest BCUT2D eigenvalue weighted by atomic mass is 16.2. The number of carbonyl (C=O) groups is 1. The van der Waals surface area contributed by atoms with E-state index in [9.17, 15) is 4.79 Å². The van der Waals surface area contributed by atoms with Crippen LogP contribution in [0.5, 0.6) is 0 Å². The zero-order chi connectivity index (χ0) is 8.97. The fourth-order valence-electron chi connectivity index (χ4n) is 0.990. The van der Waals surface area contributed by atoms with Crippen molar-refractivity contribution in [1.29, 1.82) is 0 Å². The van der Waals surface area contributed by atoms with Crippen molar-refractivity contribution in [3.8, 4) is 0 Å². The molecule has 1 heterocycles. The second-order valence-electron chi connectivity index (χ2n) is 2.29. The van der Waals surface area contributed by atoms with E-state index >= 15 is 0 Å². The van der Waals surface area contributed by atoms with Gasteiger partial charge in [-0.15, -0.1) is 0 Å². The van der Waals surface area contributed by atoms with Gasteiger partial charge in [-0.25, -0.2) is 4.79 Å². The van der Waals surface area contributed by atoms with Crippen molar-refractivity contribution in [1.82, 2.24) is 4.98 Å². The molecule has 0 aliphatic heterocycles. The van der Waals surface area contributed by atoms with Gasteiger partial charge in [0.25, 0.3) is 0 Å². The molecule has 0 aliphatic carbocycles. The molecule has 0 aliphatic rings. The summed E-state index contributed by atoms with van der Waals surface area (Å²) in [6.07, 6.45) is 3.25. The molecule has 12 heavy (non-hydrogen) atoms. The normalized spacial score (nSPS) is 9.42. The summed E-state index contributed by atoms with van der Waals surface area (Å²) < 4.78 is 0. The quantitative estimate of drug-likeness (QED) is 0.710. The summed E-state index contributed by atoms with van der Waals surface area (Å²) in [6, 6.07) is 3.05. The fourth-order valence-corrected chi connectivity index (χ4v) is 0.990. The molecule has 0 radical (unpaired) electrons. The van der Waals surface area contributed by atoms with Crippen molar-refractivity contribution in [2.45, 2.75) is 6.92 Å². The van der Waals surface area contributed by atoms with E-state index in [0.29, 0.717) is 6.54 Å². The Kier molecular flexibility index (Phi) is 2.63. The largest absolute Gasteiger partial charge is 0.351 e. The standard InChI is InChI=1S/C8H11N3O/c1-2-11(8(9)12)7-3-5-10-6-4-7/h3-6H,2H2,1H3,(H2,9,12). The molecule has 0 fully saturated rings. The third kappa shape index (κ3) is 1.72. The topological polar surface area (TPSA) is 59.2 Å². The summed E-state index contributed by atoms with van der Waals surface area (Å²) in [5, 5.41) is 0. The van der Waals surface area contributed by atoms with Gasteiger partial charge in [0.15, 0.2) is 0 Å². The maximum atomic E-state index is 10.9. The number of aromatic nitrogens is 1. The number of rotatable bonds is 2. The highest BCUT2D eigenvalue weighted by Crippen LogP contribution is 2.10. The van der Waals surface area contributed by atoms with Crippen molar-refractivity contribution in [3.05, 3.63) is 24.5 Å². The Morgan fingerprint density at radius 3 is 2.58 bits per heavy atom. The molecule has 2 N–H and O–H groups in total. The van der Waals surface area contributed by atoms with Crippen LogP contribution in [-0.4, -0.2) is 17.6 Å². The Morgan fingerprint density at radius 2 is 2.17 bits per heavy atom. The van der Waals surface area contributed by atoms with Crippen LogP contribution in [0, 0.1) is 0 Å². The highest BCUT2D eigenvalue weighted by Gasteiger charge is 2.07. The lowest BCUT2D eigenvalue weighted by Crippen LogP contribution is -2.35. The molecule has 64 valence electrons. The van der Waals surface area contributed by atoms with Gasteiger partial charge in [-0.1, -0.05) is 0 Å². The number of nitrogens with two attached hydrogens (primary N) is 1. The molecule has 0 saturated heterocycles. The van der Waals surface area contributed by atoms with E-state index < -0.39 is 6.03 Å². The fraction of sp³-hybridized carbons (Fsp3) is 0.250. The molecular formula is C8H11N3O. The first-order valence-electron chi connectivity index (χ1n) is 3.72. The number of pyridine rings is 1. The van der Waals surface area contributed by atoms with Gasteiger partial charge >= 0.3 is 6.03 Å². The van der Waals surface area contributed by atoms with Gasteiger partial charge < -0.3 is 5.73 Å². The van der Waals surface area contributed by atoms with E-state index in [-0.39, 0.29) is 0 Å². The van der Waals surface area contributed by atoms with Gasteiger partial charge in [0.2, 0.25) is 0 Å². The highest BCUT2D eigenvalue weighted by molar-refractivity contribution is 5.90. The number of primary amides is 1. The number of carbonyl (C=O) groups excluding carboxylic acids is 1. The Bertz CT molecular complexity index is 260. The van der Waals surface area contributed by atoms with Crippen LogP contribution in [0.25, 0.3) is 0 Å². The Labute approximate surface area is 71.0 Å². The van der Waals surface area contributed by atoms with Crippen LogP contribution in [0.4, 0.5) is 10.5 Å². The van der Waals surface area contributed by atoms with Gasteiger partial charge in [0.05, 0.1) is 0 Å². The summed E-state index contributed by atoms with van der Waals surface area (Å²) in [5.74, 6) is 0. The van der Waals surface area contributed by atoms with E-state index in [4.69, 9.17) is 5.73 Å². The van der Waals surface area contributed by atoms with Crippen molar-refractivity contribution in [2.24, 2.45) is 5.73 Å². The number of urea groups is 1. The monoisotopic (exact) mass is 165 g/mol. The van der Waals surface area contributed by atoms with E-state index in [2.05, 4.69) is 4.98 Å². The minimum absolute atomic E-state index is 0.441. The van der Waals surface area contributed by atoms with E-state index in [1.54, 1.807) is 24.5 Å². The number of anilines is 1. The lowest BCUT2D eigenvalue weighted by atomic mass is 10.3. The predicted octanol–water partition coefficient (Wildman–Crippen LogP) is 0.987. The SMILES string of the molecule is CCN(C(N)=O)c1ccncc1. The zero-order valence-corrected chi connectivity index (χ0v) is 6.90. The molecule has 0 unspecified atom stereocenters. The molecule has 0 saturated carbocycles. The first kappa shape index (κ1) is 8.52. The molecule has 0 atom stereocenters. The molecule has 2 amide bonds. The molecule has 4 nitrogen and oxygen atoms in total. The lowest BCUT2D eigenvalue weighted by molar-refractivity contribution is 0.254. The first-order valence-corrected chi connectivity index (χ1v) is 3.72. The summed E-state index contributed by atoms with van der Waals surface area (Å²) in [6.45, 7) is 2.44. The van der Waals surface area contributed by atoms with Crippen LogP contribution in [0.2, 0.25) is 0 Å². The van der Waals surface area contributed by atoms with Crippen molar-refractivity contribution in [2.75, 3.05) is 11.4 Å². The third-order valence-corrected chi connectivity index (χ3v) is 1.56. The van der Waals surface area contributed by atoms with Crippen molar-refractivity contribution >= 4 is 11.7 Å². The summed E-state index contributed by atoms with van der Waals surface area (Å²) in [7, 11) is 0. The van der Waals surface area contributed by atoms with E-state index in [1.165, 1.54) is 4.90 Å². The maximum Gasteiger partial charge on any atom is 0.319 e. The predicted molar refractivity (Wildman–Crippen MR) is 46.8 cm³/mol. The molecule has 0 bridgehead atoms. The van der Waals surface area contributed by atoms with Gasteiger partial charge in [-0.3, -0.25) is 9.88 Å². The minimum Gasteiger partial charge on any atom is -0.351 e. The van der Waals surface area contributed by atoms with E-state index in [0.717, 1.165) is 5.69 Å². The first-order chi connectivity index (χ1) is 5.75. The third-order valence-electron chi connectivity index (χ3n) is 1.56. The summed E-state index contributed by atoms with van der Waals surface area (Å²) in [4.78, 5) is 16.2. The molecular weight excluding hydrogens is 154 g/mol. The number of hydrogen-bond acceptors (Lipinski definition) is 2. The second kappa shape index (κ2) is 3.71. The average Bonchev–Trinajstić information content (AvgIpc) is 2.07. The molecule has 4 heteroatoms. The smallest absolute Gasteiger partial charge is 0.319 e.